The largest absolute Gasteiger partial charge is 0.322 e. The van der Waals surface area contributed by atoms with E-state index in [1.807, 2.05) is 24.3 Å². The van der Waals surface area contributed by atoms with Crippen molar-refractivity contribution in [2.75, 3.05) is 11.9 Å². The summed E-state index contributed by atoms with van der Waals surface area (Å²) in [6, 6.07) is 11.0. The van der Waals surface area contributed by atoms with Gasteiger partial charge in [0.05, 0.1) is 18.2 Å². The van der Waals surface area contributed by atoms with E-state index in [1.54, 1.807) is 23.4 Å². The molecule has 0 saturated carbocycles. The van der Waals surface area contributed by atoms with Gasteiger partial charge in [-0.25, -0.2) is 4.79 Å². The first-order chi connectivity index (χ1) is 11.1. The Bertz CT molecular complexity index is 716. The van der Waals surface area contributed by atoms with Crippen LogP contribution in [0, 0.1) is 11.3 Å². The number of nitrogens with zero attached hydrogens (tertiary/aromatic N) is 3. The van der Waals surface area contributed by atoms with Crippen molar-refractivity contribution in [3.05, 3.63) is 57.2 Å². The summed E-state index contributed by atoms with van der Waals surface area (Å²) in [7, 11) is 0. The van der Waals surface area contributed by atoms with Crippen LogP contribution in [0.2, 0.25) is 0 Å². The summed E-state index contributed by atoms with van der Waals surface area (Å²) >= 11 is 6.79. The number of urea groups is 1. The molecule has 0 spiro atoms. The average Bonchev–Trinajstić information content (AvgIpc) is 2.55. The van der Waals surface area contributed by atoms with E-state index in [2.05, 4.69) is 48.2 Å². The lowest BCUT2D eigenvalue weighted by atomic mass is 10.2. The number of anilines is 1. The van der Waals surface area contributed by atoms with Gasteiger partial charge < -0.3 is 10.2 Å². The molecule has 1 aromatic carbocycles. The first kappa shape index (κ1) is 17.4. The van der Waals surface area contributed by atoms with Gasteiger partial charge in [0.2, 0.25) is 0 Å². The lowest BCUT2D eigenvalue weighted by Gasteiger charge is -2.22. The minimum atomic E-state index is -0.257. The molecule has 0 aliphatic heterocycles. The third-order valence-electron chi connectivity index (χ3n) is 3.05. The highest BCUT2D eigenvalue weighted by molar-refractivity contribution is 9.11. The summed E-state index contributed by atoms with van der Waals surface area (Å²) in [5.41, 5.74) is 1.59. The third kappa shape index (κ3) is 5.34. The SMILES string of the molecule is N#CCCN(Cc1cccnc1)C(=O)Nc1ccc(Br)cc1Br. The quantitative estimate of drug-likeness (QED) is 0.745. The van der Waals surface area contributed by atoms with Gasteiger partial charge in [-0.2, -0.15) is 5.26 Å². The lowest BCUT2D eigenvalue weighted by molar-refractivity contribution is 0.210. The van der Waals surface area contributed by atoms with E-state index < -0.39 is 0 Å². The summed E-state index contributed by atoms with van der Waals surface area (Å²) in [5.74, 6) is 0. The molecule has 1 aromatic heterocycles. The monoisotopic (exact) mass is 436 g/mol. The van der Waals surface area contributed by atoms with Crippen LogP contribution in [0.3, 0.4) is 0 Å². The fourth-order valence-corrected chi connectivity index (χ4v) is 3.08. The molecule has 0 saturated heterocycles. The molecule has 1 heterocycles. The van der Waals surface area contributed by atoms with Gasteiger partial charge in [-0.3, -0.25) is 4.98 Å². The minimum absolute atomic E-state index is 0.257. The standard InChI is InChI=1S/C16H14Br2N4O/c17-13-4-5-15(14(18)9-13)21-16(23)22(8-2-6-19)11-12-3-1-7-20-10-12/h1,3-5,7,9-10H,2,8,11H2,(H,21,23). The topological polar surface area (TPSA) is 69.0 Å². The van der Waals surface area contributed by atoms with Crippen molar-refractivity contribution < 1.29 is 4.79 Å². The fourth-order valence-electron chi connectivity index (χ4n) is 1.93. The lowest BCUT2D eigenvalue weighted by Crippen LogP contribution is -2.35. The molecule has 2 amide bonds. The minimum Gasteiger partial charge on any atom is -0.319 e. The van der Waals surface area contributed by atoms with Crippen molar-refractivity contribution in [2.24, 2.45) is 0 Å². The molecule has 0 bridgehead atoms. The van der Waals surface area contributed by atoms with Gasteiger partial charge in [0.15, 0.2) is 0 Å². The molecule has 0 unspecified atom stereocenters. The molecule has 2 aromatic rings. The predicted octanol–water partition coefficient (Wildman–Crippen LogP) is 4.55. The summed E-state index contributed by atoms with van der Waals surface area (Å²) < 4.78 is 1.70. The Balaban J connectivity index is 2.11. The zero-order chi connectivity index (χ0) is 16.7. The molecule has 1 N–H and O–H groups in total. The molecule has 2 rings (SSSR count). The number of nitriles is 1. The molecular weight excluding hydrogens is 424 g/mol. The Morgan fingerprint density at radius 2 is 2.17 bits per heavy atom. The van der Waals surface area contributed by atoms with E-state index in [-0.39, 0.29) is 12.5 Å². The van der Waals surface area contributed by atoms with Crippen LogP contribution in [0.25, 0.3) is 0 Å². The Hall–Kier alpha value is -1.91. The van der Waals surface area contributed by atoms with Gasteiger partial charge >= 0.3 is 6.03 Å². The second-order valence-electron chi connectivity index (χ2n) is 4.75. The van der Waals surface area contributed by atoms with E-state index in [1.165, 1.54) is 0 Å². The van der Waals surface area contributed by atoms with Crippen molar-refractivity contribution in [2.45, 2.75) is 13.0 Å². The molecule has 0 atom stereocenters. The molecule has 5 nitrogen and oxygen atoms in total. The molecule has 0 fully saturated rings. The summed E-state index contributed by atoms with van der Waals surface area (Å²) in [5, 5.41) is 11.7. The molecular formula is C16H14Br2N4O. The van der Waals surface area contributed by atoms with Gasteiger partial charge in [0, 0.05) is 34.4 Å². The Morgan fingerprint density at radius 1 is 1.35 bits per heavy atom. The number of aromatic nitrogens is 1. The Kier molecular flexibility index (Phi) is 6.56. The number of carbonyl (C=O) groups is 1. The van der Waals surface area contributed by atoms with Crippen LogP contribution >= 0.6 is 31.9 Å². The smallest absolute Gasteiger partial charge is 0.319 e. The summed E-state index contributed by atoms with van der Waals surface area (Å²) in [6.45, 7) is 0.751. The van der Waals surface area contributed by atoms with Gasteiger partial charge in [-0.15, -0.1) is 0 Å². The second kappa shape index (κ2) is 8.65. The Morgan fingerprint density at radius 3 is 2.83 bits per heavy atom. The molecule has 23 heavy (non-hydrogen) atoms. The van der Waals surface area contributed by atoms with Crippen LogP contribution in [0.4, 0.5) is 10.5 Å². The number of hydrogen-bond donors (Lipinski definition) is 1. The van der Waals surface area contributed by atoms with E-state index in [0.717, 1.165) is 14.5 Å². The predicted molar refractivity (Wildman–Crippen MR) is 95.7 cm³/mol. The number of carbonyl (C=O) groups excluding carboxylic acids is 1. The van der Waals surface area contributed by atoms with Gasteiger partial charge in [-0.05, 0) is 45.8 Å². The summed E-state index contributed by atoms with van der Waals surface area (Å²) in [4.78, 5) is 18.2. The third-order valence-corrected chi connectivity index (χ3v) is 4.20. The highest BCUT2D eigenvalue weighted by Crippen LogP contribution is 2.26. The van der Waals surface area contributed by atoms with Crippen LogP contribution in [0.5, 0.6) is 0 Å². The van der Waals surface area contributed by atoms with Crippen molar-refractivity contribution in [1.82, 2.24) is 9.88 Å². The second-order valence-corrected chi connectivity index (χ2v) is 6.52. The van der Waals surface area contributed by atoms with E-state index in [4.69, 9.17) is 5.26 Å². The zero-order valence-corrected chi connectivity index (χ0v) is 15.3. The normalized spacial score (nSPS) is 9.96. The first-order valence-corrected chi connectivity index (χ1v) is 8.45. The maximum atomic E-state index is 12.5. The van der Waals surface area contributed by atoms with Crippen molar-refractivity contribution in [1.29, 1.82) is 5.26 Å². The van der Waals surface area contributed by atoms with Gasteiger partial charge in [0.1, 0.15) is 0 Å². The van der Waals surface area contributed by atoms with E-state index >= 15 is 0 Å². The molecule has 7 heteroatoms. The zero-order valence-electron chi connectivity index (χ0n) is 12.2. The van der Waals surface area contributed by atoms with Crippen LogP contribution < -0.4 is 5.32 Å². The molecule has 0 aliphatic rings. The maximum Gasteiger partial charge on any atom is 0.322 e. The highest BCUT2D eigenvalue weighted by atomic mass is 79.9. The number of amides is 2. The van der Waals surface area contributed by atoms with Crippen molar-refractivity contribution in [3.63, 3.8) is 0 Å². The van der Waals surface area contributed by atoms with E-state index in [0.29, 0.717) is 18.8 Å². The number of pyridine rings is 1. The molecule has 0 radical (unpaired) electrons. The fraction of sp³-hybridized carbons (Fsp3) is 0.188. The van der Waals surface area contributed by atoms with Crippen molar-refractivity contribution >= 4 is 43.6 Å². The number of benzene rings is 1. The number of halogens is 2. The first-order valence-electron chi connectivity index (χ1n) is 6.87. The van der Waals surface area contributed by atoms with Crippen LogP contribution in [-0.2, 0) is 6.54 Å². The average molecular weight is 438 g/mol. The molecule has 118 valence electrons. The summed E-state index contributed by atoms with van der Waals surface area (Å²) in [6.07, 6.45) is 3.67. The Labute approximate surface area is 151 Å². The van der Waals surface area contributed by atoms with Crippen LogP contribution in [0.1, 0.15) is 12.0 Å². The van der Waals surface area contributed by atoms with Crippen molar-refractivity contribution in [3.8, 4) is 6.07 Å². The maximum absolute atomic E-state index is 12.5. The van der Waals surface area contributed by atoms with Crippen LogP contribution in [-0.4, -0.2) is 22.5 Å². The molecule has 0 aliphatic carbocycles. The van der Waals surface area contributed by atoms with Gasteiger partial charge in [-0.1, -0.05) is 22.0 Å². The highest BCUT2D eigenvalue weighted by Gasteiger charge is 2.15. The number of rotatable bonds is 5. The van der Waals surface area contributed by atoms with E-state index in [9.17, 15) is 4.79 Å². The number of hydrogen-bond acceptors (Lipinski definition) is 3. The number of nitrogens with one attached hydrogen (secondary N) is 1. The van der Waals surface area contributed by atoms with Crippen LogP contribution in [0.15, 0.2) is 51.7 Å². The van der Waals surface area contributed by atoms with Gasteiger partial charge in [0.25, 0.3) is 0 Å².